The van der Waals surface area contributed by atoms with Crippen LogP contribution in [-0.2, 0) is 7.05 Å². The molecule has 0 saturated heterocycles. The summed E-state index contributed by atoms with van der Waals surface area (Å²) in [6.07, 6.45) is 4.59. The second-order valence-electron chi connectivity index (χ2n) is 5.61. The minimum atomic E-state index is -0.563. The van der Waals surface area contributed by atoms with Gasteiger partial charge in [0, 0.05) is 30.8 Å². The van der Waals surface area contributed by atoms with E-state index in [0.29, 0.717) is 23.1 Å². The number of ether oxygens (including phenoxy) is 1. The molecule has 134 valence electrons. The third-order valence-corrected chi connectivity index (χ3v) is 3.71. The first kappa shape index (κ1) is 16.4. The van der Waals surface area contributed by atoms with Crippen molar-refractivity contribution in [3.63, 3.8) is 0 Å². The van der Waals surface area contributed by atoms with Crippen LogP contribution in [0.15, 0.2) is 55.1 Å². The maximum atomic E-state index is 10.7. The zero-order chi connectivity index (χ0) is 18.8. The lowest BCUT2D eigenvalue weighted by Gasteiger charge is -2.08. The molecule has 10 heteroatoms. The number of aryl methyl sites for hydroxylation is 1. The van der Waals surface area contributed by atoms with E-state index in [4.69, 9.17) is 4.74 Å². The normalized spacial score (nSPS) is 10.7. The minimum Gasteiger partial charge on any atom is -0.453 e. The van der Waals surface area contributed by atoms with Crippen LogP contribution in [0.4, 0.5) is 17.5 Å². The molecule has 10 nitrogen and oxygen atoms in total. The average molecular weight is 363 g/mol. The predicted molar refractivity (Wildman–Crippen MR) is 97.0 cm³/mol. The van der Waals surface area contributed by atoms with Gasteiger partial charge in [-0.2, -0.15) is 5.10 Å². The van der Waals surface area contributed by atoms with Gasteiger partial charge < -0.3 is 20.2 Å². The number of pyridine rings is 1. The van der Waals surface area contributed by atoms with Crippen LogP contribution in [0.5, 0.6) is 11.5 Å². The number of rotatable bonds is 5. The van der Waals surface area contributed by atoms with Gasteiger partial charge >= 0.3 is 5.82 Å². The summed E-state index contributed by atoms with van der Waals surface area (Å²) in [6, 6.07) is 9.94. The Bertz CT molecular complexity index is 1130. The van der Waals surface area contributed by atoms with E-state index >= 15 is 0 Å². The standard InChI is InChI=1S/C17H13N7O3/c1-23-7-6-15(22-23)21-17-13-8-11(2-4-14(13)19-10-20-17)27-12-3-5-16(18-9-12)24(25)26/h2-10H,1H3,(H,19,20,21,22). The van der Waals surface area contributed by atoms with E-state index in [-0.39, 0.29) is 5.82 Å². The predicted octanol–water partition coefficient (Wildman–Crippen LogP) is 3.20. The SMILES string of the molecule is Cn1ccc(Nc2ncnc3ccc(Oc4ccc([N+](=O)[O-])nc4)cc23)n1. The van der Waals surface area contributed by atoms with Gasteiger partial charge in [0.25, 0.3) is 0 Å². The highest BCUT2D eigenvalue weighted by Gasteiger charge is 2.10. The molecular weight excluding hydrogens is 350 g/mol. The second-order valence-corrected chi connectivity index (χ2v) is 5.61. The monoisotopic (exact) mass is 363 g/mol. The maximum absolute atomic E-state index is 10.7. The van der Waals surface area contributed by atoms with Gasteiger partial charge in [-0.15, -0.1) is 0 Å². The quantitative estimate of drug-likeness (QED) is 0.424. The van der Waals surface area contributed by atoms with Gasteiger partial charge in [0.05, 0.1) is 5.52 Å². The zero-order valence-corrected chi connectivity index (χ0v) is 14.1. The molecule has 0 fully saturated rings. The molecule has 0 bridgehead atoms. The Hall–Kier alpha value is -4.08. The fourth-order valence-electron chi connectivity index (χ4n) is 2.48. The van der Waals surface area contributed by atoms with Crippen LogP contribution in [-0.4, -0.2) is 29.7 Å². The lowest BCUT2D eigenvalue weighted by molar-refractivity contribution is -0.389. The van der Waals surface area contributed by atoms with Gasteiger partial charge in [0.1, 0.15) is 17.9 Å². The van der Waals surface area contributed by atoms with E-state index in [1.54, 1.807) is 22.9 Å². The average Bonchev–Trinajstić information content (AvgIpc) is 3.07. The molecule has 0 radical (unpaired) electrons. The van der Waals surface area contributed by atoms with Crippen molar-refractivity contribution in [1.82, 2.24) is 24.7 Å². The molecule has 27 heavy (non-hydrogen) atoms. The summed E-state index contributed by atoms with van der Waals surface area (Å²) < 4.78 is 7.42. The summed E-state index contributed by atoms with van der Waals surface area (Å²) in [5, 5.41) is 18.9. The van der Waals surface area contributed by atoms with Crippen LogP contribution in [0.1, 0.15) is 0 Å². The van der Waals surface area contributed by atoms with Crippen LogP contribution >= 0.6 is 0 Å². The number of nitrogens with zero attached hydrogens (tertiary/aromatic N) is 6. The molecule has 0 aliphatic heterocycles. The Morgan fingerprint density at radius 2 is 1.96 bits per heavy atom. The van der Waals surface area contributed by atoms with Crippen molar-refractivity contribution >= 4 is 28.4 Å². The van der Waals surface area contributed by atoms with Crippen molar-refractivity contribution in [1.29, 1.82) is 0 Å². The highest BCUT2D eigenvalue weighted by molar-refractivity contribution is 5.91. The Morgan fingerprint density at radius 1 is 1.11 bits per heavy atom. The van der Waals surface area contributed by atoms with E-state index in [0.717, 1.165) is 10.9 Å². The molecule has 4 aromatic rings. The Balaban J connectivity index is 1.64. The highest BCUT2D eigenvalue weighted by Crippen LogP contribution is 2.29. The molecule has 1 aromatic carbocycles. The van der Waals surface area contributed by atoms with E-state index in [1.165, 1.54) is 24.7 Å². The van der Waals surface area contributed by atoms with Crippen molar-refractivity contribution in [3.05, 3.63) is 65.2 Å². The Kier molecular flexibility index (Phi) is 4.05. The van der Waals surface area contributed by atoms with Crippen molar-refractivity contribution in [2.24, 2.45) is 7.05 Å². The van der Waals surface area contributed by atoms with Crippen molar-refractivity contribution < 1.29 is 9.66 Å². The molecular formula is C17H13N7O3. The molecule has 0 spiro atoms. The molecule has 3 aromatic heterocycles. The first-order valence-corrected chi connectivity index (χ1v) is 7.88. The van der Waals surface area contributed by atoms with Crippen LogP contribution < -0.4 is 10.1 Å². The topological polar surface area (TPSA) is 121 Å². The number of nitrogens with one attached hydrogen (secondary N) is 1. The summed E-state index contributed by atoms with van der Waals surface area (Å²) in [5.74, 6) is 1.92. The number of hydrogen-bond acceptors (Lipinski definition) is 8. The van der Waals surface area contributed by atoms with Crippen molar-refractivity contribution in [3.8, 4) is 11.5 Å². The van der Waals surface area contributed by atoms with Gasteiger partial charge in [0.2, 0.25) is 0 Å². The lowest BCUT2D eigenvalue weighted by Crippen LogP contribution is -1.98. The van der Waals surface area contributed by atoms with Gasteiger partial charge in [-0.05, 0) is 34.2 Å². The first-order chi connectivity index (χ1) is 13.1. The molecule has 3 heterocycles. The smallest absolute Gasteiger partial charge is 0.363 e. The minimum absolute atomic E-state index is 0.240. The molecule has 0 aliphatic carbocycles. The maximum Gasteiger partial charge on any atom is 0.363 e. The number of benzene rings is 1. The Labute approximate surface area is 152 Å². The van der Waals surface area contributed by atoms with Crippen molar-refractivity contribution in [2.45, 2.75) is 0 Å². The van der Waals surface area contributed by atoms with Gasteiger partial charge in [0.15, 0.2) is 17.8 Å². The van der Waals surface area contributed by atoms with Gasteiger partial charge in [-0.25, -0.2) is 9.97 Å². The molecule has 0 saturated carbocycles. The van der Waals surface area contributed by atoms with Crippen LogP contribution in [0.3, 0.4) is 0 Å². The van der Waals surface area contributed by atoms with E-state index in [1.807, 2.05) is 19.3 Å². The zero-order valence-electron chi connectivity index (χ0n) is 14.1. The molecule has 0 atom stereocenters. The summed E-state index contributed by atoms with van der Waals surface area (Å²) in [4.78, 5) is 22.4. The fourth-order valence-corrected chi connectivity index (χ4v) is 2.48. The number of aromatic nitrogens is 5. The summed E-state index contributed by atoms with van der Waals surface area (Å²) >= 11 is 0. The number of hydrogen-bond donors (Lipinski definition) is 1. The molecule has 0 amide bonds. The van der Waals surface area contributed by atoms with Gasteiger partial charge in [-0.3, -0.25) is 4.68 Å². The summed E-state index contributed by atoms with van der Waals surface area (Å²) in [5.41, 5.74) is 0.734. The van der Waals surface area contributed by atoms with E-state index < -0.39 is 4.92 Å². The molecule has 4 rings (SSSR count). The lowest BCUT2D eigenvalue weighted by atomic mass is 10.2. The fraction of sp³-hybridized carbons (Fsp3) is 0.0588. The van der Waals surface area contributed by atoms with Crippen LogP contribution in [0.25, 0.3) is 10.9 Å². The number of fused-ring (bicyclic) bond motifs is 1. The second kappa shape index (κ2) is 6.67. The molecule has 1 N–H and O–H groups in total. The third kappa shape index (κ3) is 3.49. The number of anilines is 2. The van der Waals surface area contributed by atoms with Crippen LogP contribution in [0.2, 0.25) is 0 Å². The molecule has 0 unspecified atom stereocenters. The summed E-state index contributed by atoms with van der Waals surface area (Å²) in [7, 11) is 1.83. The van der Waals surface area contributed by atoms with E-state index in [2.05, 4.69) is 25.4 Å². The van der Waals surface area contributed by atoms with E-state index in [9.17, 15) is 10.1 Å². The van der Waals surface area contributed by atoms with Crippen LogP contribution in [0, 0.1) is 10.1 Å². The summed E-state index contributed by atoms with van der Waals surface area (Å²) in [6.45, 7) is 0. The first-order valence-electron chi connectivity index (χ1n) is 7.88. The Morgan fingerprint density at radius 3 is 2.67 bits per heavy atom. The third-order valence-electron chi connectivity index (χ3n) is 3.71. The van der Waals surface area contributed by atoms with Crippen molar-refractivity contribution in [2.75, 3.05) is 5.32 Å². The highest BCUT2D eigenvalue weighted by atomic mass is 16.6. The molecule has 0 aliphatic rings. The largest absolute Gasteiger partial charge is 0.453 e. The number of nitro groups is 1. The van der Waals surface area contributed by atoms with Gasteiger partial charge in [-0.1, -0.05) is 0 Å².